The van der Waals surface area contributed by atoms with Gasteiger partial charge < -0.3 is 20.1 Å². The Bertz CT molecular complexity index is 492. The zero-order chi connectivity index (χ0) is 15.7. The number of rotatable bonds is 8. The van der Waals surface area contributed by atoms with Crippen molar-refractivity contribution in [3.8, 4) is 11.5 Å². The van der Waals surface area contributed by atoms with Crippen LogP contribution in [0, 0.1) is 0 Å². The normalized spacial score (nSPS) is 10.9. The molecule has 1 rings (SSSR count). The highest BCUT2D eigenvalue weighted by atomic mass is 32.1. The minimum Gasteiger partial charge on any atom is -0.490 e. The SMILES string of the molecule is CCOc1cc(C=NNC(N)=S)ccc1OCCN(C)C. The van der Waals surface area contributed by atoms with Crippen LogP contribution in [0.1, 0.15) is 12.5 Å². The van der Waals surface area contributed by atoms with Crippen molar-refractivity contribution >= 4 is 23.5 Å². The summed E-state index contributed by atoms with van der Waals surface area (Å²) in [6.07, 6.45) is 1.62. The van der Waals surface area contributed by atoms with E-state index in [-0.39, 0.29) is 5.11 Å². The Morgan fingerprint density at radius 1 is 1.38 bits per heavy atom. The van der Waals surface area contributed by atoms with Crippen molar-refractivity contribution < 1.29 is 9.47 Å². The van der Waals surface area contributed by atoms with Gasteiger partial charge in [-0.3, -0.25) is 5.43 Å². The summed E-state index contributed by atoms with van der Waals surface area (Å²) < 4.78 is 11.3. The van der Waals surface area contributed by atoms with Crippen LogP contribution in [-0.4, -0.2) is 50.1 Å². The molecule has 0 aliphatic heterocycles. The largest absolute Gasteiger partial charge is 0.490 e. The lowest BCUT2D eigenvalue weighted by Crippen LogP contribution is -2.24. The van der Waals surface area contributed by atoms with E-state index in [0.717, 1.165) is 17.9 Å². The number of thiocarbonyl (C=S) groups is 1. The number of nitrogens with one attached hydrogen (secondary N) is 1. The van der Waals surface area contributed by atoms with Gasteiger partial charge in [0, 0.05) is 6.54 Å². The second kappa shape index (κ2) is 9.15. The van der Waals surface area contributed by atoms with E-state index in [2.05, 4.69) is 27.6 Å². The highest BCUT2D eigenvalue weighted by Gasteiger charge is 2.06. The molecule has 7 heteroatoms. The smallest absolute Gasteiger partial charge is 0.184 e. The molecule has 0 bridgehead atoms. The van der Waals surface area contributed by atoms with Gasteiger partial charge in [-0.2, -0.15) is 5.10 Å². The van der Waals surface area contributed by atoms with Crippen LogP contribution in [-0.2, 0) is 0 Å². The topological polar surface area (TPSA) is 72.1 Å². The standard InChI is InChI=1S/C14H22N4O2S/c1-4-19-13-9-11(10-16-17-14(15)21)5-6-12(13)20-8-7-18(2)3/h5-6,9-10H,4,7-8H2,1-3H3,(H3,15,17,21). The van der Waals surface area contributed by atoms with Crippen LogP contribution in [0.25, 0.3) is 0 Å². The molecule has 0 saturated heterocycles. The van der Waals surface area contributed by atoms with Crippen molar-refractivity contribution in [1.29, 1.82) is 0 Å². The van der Waals surface area contributed by atoms with Gasteiger partial charge in [0.2, 0.25) is 0 Å². The van der Waals surface area contributed by atoms with Gasteiger partial charge in [0.05, 0.1) is 12.8 Å². The van der Waals surface area contributed by atoms with Crippen LogP contribution in [0.5, 0.6) is 11.5 Å². The second-order valence-corrected chi connectivity index (χ2v) is 4.97. The molecule has 0 unspecified atom stereocenters. The predicted molar refractivity (Wildman–Crippen MR) is 89.2 cm³/mol. The number of hydrogen-bond acceptors (Lipinski definition) is 5. The minimum atomic E-state index is 0.125. The zero-order valence-electron chi connectivity index (χ0n) is 12.6. The van der Waals surface area contributed by atoms with Crippen LogP contribution in [0.15, 0.2) is 23.3 Å². The van der Waals surface area contributed by atoms with Crippen molar-refractivity contribution in [2.45, 2.75) is 6.92 Å². The molecular weight excluding hydrogens is 288 g/mol. The number of nitrogens with zero attached hydrogens (tertiary/aromatic N) is 2. The summed E-state index contributed by atoms with van der Waals surface area (Å²) >= 11 is 4.67. The van der Waals surface area contributed by atoms with Crippen LogP contribution >= 0.6 is 12.2 Å². The quantitative estimate of drug-likeness (QED) is 0.427. The third-order valence-electron chi connectivity index (χ3n) is 2.45. The molecule has 1 aromatic rings. The molecule has 0 spiro atoms. The lowest BCUT2D eigenvalue weighted by Gasteiger charge is -2.14. The maximum Gasteiger partial charge on any atom is 0.184 e. The van der Waals surface area contributed by atoms with Gasteiger partial charge in [0.15, 0.2) is 16.6 Å². The summed E-state index contributed by atoms with van der Waals surface area (Å²) in [5.74, 6) is 1.41. The average molecular weight is 310 g/mol. The molecule has 116 valence electrons. The number of benzene rings is 1. The Morgan fingerprint density at radius 3 is 2.76 bits per heavy atom. The van der Waals surface area contributed by atoms with Gasteiger partial charge in [-0.25, -0.2) is 0 Å². The lowest BCUT2D eigenvalue weighted by atomic mass is 10.2. The maximum absolute atomic E-state index is 5.73. The first-order chi connectivity index (χ1) is 10.0. The first-order valence-corrected chi connectivity index (χ1v) is 7.06. The number of ether oxygens (including phenoxy) is 2. The van der Waals surface area contributed by atoms with Gasteiger partial charge in [-0.05, 0) is 57.0 Å². The Morgan fingerprint density at radius 2 is 2.14 bits per heavy atom. The highest BCUT2D eigenvalue weighted by molar-refractivity contribution is 7.80. The summed E-state index contributed by atoms with van der Waals surface area (Å²) in [6, 6.07) is 5.61. The van der Waals surface area contributed by atoms with Crippen LogP contribution in [0.3, 0.4) is 0 Å². The Labute approximate surface area is 130 Å². The maximum atomic E-state index is 5.73. The molecule has 0 fully saturated rings. The predicted octanol–water partition coefficient (Wildman–Crippen LogP) is 1.19. The van der Waals surface area contributed by atoms with Gasteiger partial charge in [0.1, 0.15) is 6.61 Å². The fourth-order valence-electron chi connectivity index (χ4n) is 1.50. The van der Waals surface area contributed by atoms with Crippen molar-refractivity contribution in [2.75, 3.05) is 33.9 Å². The number of hydrazone groups is 1. The van der Waals surface area contributed by atoms with E-state index in [1.165, 1.54) is 0 Å². The second-order valence-electron chi connectivity index (χ2n) is 4.53. The summed E-state index contributed by atoms with van der Waals surface area (Å²) in [5, 5.41) is 4.04. The van der Waals surface area contributed by atoms with Crippen molar-refractivity contribution in [3.63, 3.8) is 0 Å². The van der Waals surface area contributed by atoms with Gasteiger partial charge in [-0.15, -0.1) is 0 Å². The average Bonchev–Trinajstić information content (AvgIpc) is 2.40. The van der Waals surface area contributed by atoms with Crippen LogP contribution in [0.4, 0.5) is 0 Å². The third kappa shape index (κ3) is 6.92. The van der Waals surface area contributed by atoms with E-state index < -0.39 is 0 Å². The fourth-order valence-corrected chi connectivity index (χ4v) is 1.55. The monoisotopic (exact) mass is 310 g/mol. The number of likely N-dealkylation sites (N-methyl/N-ethyl adjacent to an activating group) is 1. The molecule has 6 nitrogen and oxygen atoms in total. The highest BCUT2D eigenvalue weighted by Crippen LogP contribution is 2.28. The third-order valence-corrected chi connectivity index (χ3v) is 2.54. The number of nitrogens with two attached hydrogens (primary N) is 1. The molecule has 0 saturated carbocycles. The molecule has 0 aliphatic rings. The Kier molecular flexibility index (Phi) is 7.49. The van der Waals surface area contributed by atoms with E-state index in [1.807, 2.05) is 39.2 Å². The van der Waals surface area contributed by atoms with Gasteiger partial charge >= 0.3 is 0 Å². The first kappa shape index (κ1) is 17.2. The Balaban J connectivity index is 2.75. The van der Waals surface area contributed by atoms with Gasteiger partial charge in [-0.1, -0.05) is 0 Å². The molecular formula is C14H22N4O2S. The van der Waals surface area contributed by atoms with Gasteiger partial charge in [0.25, 0.3) is 0 Å². The van der Waals surface area contributed by atoms with E-state index in [4.69, 9.17) is 15.2 Å². The first-order valence-electron chi connectivity index (χ1n) is 6.65. The summed E-state index contributed by atoms with van der Waals surface area (Å²) in [7, 11) is 4.00. The molecule has 21 heavy (non-hydrogen) atoms. The molecule has 0 atom stereocenters. The summed E-state index contributed by atoms with van der Waals surface area (Å²) in [6.45, 7) is 3.94. The van der Waals surface area contributed by atoms with Crippen LogP contribution < -0.4 is 20.6 Å². The van der Waals surface area contributed by atoms with E-state index >= 15 is 0 Å². The molecule has 0 aliphatic carbocycles. The zero-order valence-corrected chi connectivity index (χ0v) is 13.4. The number of hydrogen-bond donors (Lipinski definition) is 2. The summed E-state index contributed by atoms with van der Waals surface area (Å²) in [5.41, 5.74) is 8.67. The van der Waals surface area contributed by atoms with Crippen molar-refractivity contribution in [3.05, 3.63) is 23.8 Å². The molecule has 0 radical (unpaired) electrons. The molecule has 3 N–H and O–H groups in total. The Hall–Kier alpha value is -1.86. The van der Waals surface area contributed by atoms with E-state index in [0.29, 0.717) is 19.0 Å². The fraction of sp³-hybridized carbons (Fsp3) is 0.429. The molecule has 0 heterocycles. The molecule has 0 aromatic heterocycles. The molecule has 1 aromatic carbocycles. The van der Waals surface area contributed by atoms with Crippen LogP contribution in [0.2, 0.25) is 0 Å². The van der Waals surface area contributed by atoms with E-state index in [9.17, 15) is 0 Å². The lowest BCUT2D eigenvalue weighted by molar-refractivity contribution is 0.244. The van der Waals surface area contributed by atoms with E-state index in [1.54, 1.807) is 6.21 Å². The minimum absolute atomic E-state index is 0.125. The molecule has 0 amide bonds. The summed E-state index contributed by atoms with van der Waals surface area (Å²) in [4.78, 5) is 2.06. The van der Waals surface area contributed by atoms with Crippen molar-refractivity contribution in [2.24, 2.45) is 10.8 Å². The van der Waals surface area contributed by atoms with Crippen molar-refractivity contribution in [1.82, 2.24) is 10.3 Å².